The molecule has 1 fully saturated rings. The van der Waals surface area contributed by atoms with Crippen molar-refractivity contribution in [1.82, 2.24) is 19.1 Å². The Balaban J connectivity index is 1.73. The zero-order chi connectivity index (χ0) is 22.2. The van der Waals surface area contributed by atoms with Crippen molar-refractivity contribution in [3.05, 3.63) is 46.9 Å². The van der Waals surface area contributed by atoms with Crippen molar-refractivity contribution in [2.24, 2.45) is 5.92 Å². The summed E-state index contributed by atoms with van der Waals surface area (Å²) in [6.07, 6.45) is 5.13. The molecule has 0 saturated heterocycles. The van der Waals surface area contributed by atoms with Crippen LogP contribution in [0, 0.1) is 17.2 Å². The summed E-state index contributed by atoms with van der Waals surface area (Å²) in [6.45, 7) is 0. The van der Waals surface area contributed by atoms with Gasteiger partial charge in [-0.1, -0.05) is 6.42 Å². The quantitative estimate of drug-likeness (QED) is 0.582. The molecule has 1 aliphatic carbocycles. The van der Waals surface area contributed by atoms with E-state index in [1.54, 1.807) is 29.1 Å². The summed E-state index contributed by atoms with van der Waals surface area (Å²) in [5.74, 6) is 0.743. The molecule has 0 radical (unpaired) electrons. The summed E-state index contributed by atoms with van der Waals surface area (Å²) in [7, 11) is -0.570. The summed E-state index contributed by atoms with van der Waals surface area (Å²) in [6, 6.07) is 10.2. The molecule has 9 nitrogen and oxygen atoms in total. The predicted octanol–water partition coefficient (Wildman–Crippen LogP) is 2.97. The normalized spacial score (nSPS) is 15.5. The standard InChI is InChI=1S/C21H24N6O3S/c1-26(2)31(29,30)16-8-6-15(7-9-16)24-20-19-18(11-13-23-21(19)28)27(25-20)17(10-12-22)14-4-3-5-14/h6-9,11,13-14,17H,3-5,10H2,1-2H3,(H,23,28)(H,24,25). The molecular weight excluding hydrogens is 416 g/mol. The van der Waals surface area contributed by atoms with Gasteiger partial charge in [0, 0.05) is 26.0 Å². The minimum atomic E-state index is -3.53. The van der Waals surface area contributed by atoms with Gasteiger partial charge in [0.1, 0.15) is 5.39 Å². The second-order valence-electron chi connectivity index (χ2n) is 7.92. The number of nitriles is 1. The molecular formula is C21H24N6O3S. The molecule has 0 aliphatic heterocycles. The minimum Gasteiger partial charge on any atom is -0.338 e. The SMILES string of the molecule is CN(C)S(=O)(=O)c1ccc(Nc2nn(C(CC#N)C3CCC3)c3cc[nH]c(=O)c23)cc1. The highest BCUT2D eigenvalue weighted by molar-refractivity contribution is 7.89. The fourth-order valence-corrected chi connectivity index (χ4v) is 4.77. The maximum Gasteiger partial charge on any atom is 0.261 e. The Morgan fingerprint density at radius 3 is 2.58 bits per heavy atom. The van der Waals surface area contributed by atoms with E-state index < -0.39 is 10.0 Å². The van der Waals surface area contributed by atoms with Crippen molar-refractivity contribution >= 4 is 32.4 Å². The molecule has 31 heavy (non-hydrogen) atoms. The van der Waals surface area contributed by atoms with Crippen molar-refractivity contribution in [2.75, 3.05) is 19.4 Å². The second-order valence-corrected chi connectivity index (χ2v) is 10.1. The fraction of sp³-hybridized carbons (Fsp3) is 0.381. The maximum absolute atomic E-state index is 12.6. The van der Waals surface area contributed by atoms with Crippen LogP contribution in [0.15, 0.2) is 46.2 Å². The predicted molar refractivity (Wildman–Crippen MR) is 118 cm³/mol. The van der Waals surface area contributed by atoms with Gasteiger partial charge in [-0.15, -0.1) is 0 Å². The van der Waals surface area contributed by atoms with Gasteiger partial charge in [0.2, 0.25) is 10.0 Å². The van der Waals surface area contributed by atoms with E-state index in [1.807, 2.05) is 0 Å². The van der Waals surface area contributed by atoms with E-state index in [0.717, 1.165) is 23.6 Å². The molecule has 4 rings (SSSR count). The lowest BCUT2D eigenvalue weighted by Crippen LogP contribution is -2.26. The van der Waals surface area contributed by atoms with Crippen LogP contribution in [0.1, 0.15) is 31.7 Å². The highest BCUT2D eigenvalue weighted by Gasteiger charge is 2.31. The van der Waals surface area contributed by atoms with Gasteiger partial charge in [0.05, 0.1) is 28.9 Å². The lowest BCUT2D eigenvalue weighted by Gasteiger charge is -2.32. The lowest BCUT2D eigenvalue weighted by molar-refractivity contribution is 0.203. The highest BCUT2D eigenvalue weighted by Crippen LogP contribution is 2.40. The lowest BCUT2D eigenvalue weighted by atomic mass is 9.79. The van der Waals surface area contributed by atoms with Crippen molar-refractivity contribution in [3.63, 3.8) is 0 Å². The van der Waals surface area contributed by atoms with Crippen molar-refractivity contribution in [1.29, 1.82) is 5.26 Å². The van der Waals surface area contributed by atoms with Crippen LogP contribution in [0.25, 0.3) is 10.9 Å². The van der Waals surface area contributed by atoms with E-state index in [9.17, 15) is 18.5 Å². The molecule has 10 heteroatoms. The third kappa shape index (κ3) is 3.82. The molecule has 1 aliphatic rings. The van der Waals surface area contributed by atoms with Crippen LogP contribution in [0.5, 0.6) is 0 Å². The van der Waals surface area contributed by atoms with Gasteiger partial charge in [-0.2, -0.15) is 10.4 Å². The summed E-state index contributed by atoms with van der Waals surface area (Å²) in [5.41, 5.74) is 1.00. The first-order chi connectivity index (χ1) is 14.8. The minimum absolute atomic E-state index is 0.0915. The Kier molecular flexibility index (Phi) is 5.56. The Labute approximate surface area is 180 Å². The average Bonchev–Trinajstić information content (AvgIpc) is 3.06. The monoisotopic (exact) mass is 440 g/mol. The summed E-state index contributed by atoms with van der Waals surface area (Å²) in [5, 5.41) is 17.6. The van der Waals surface area contributed by atoms with Gasteiger partial charge in [0.15, 0.2) is 5.82 Å². The number of nitrogens with zero attached hydrogens (tertiary/aromatic N) is 4. The number of benzene rings is 1. The summed E-state index contributed by atoms with van der Waals surface area (Å²) < 4.78 is 27.5. The van der Waals surface area contributed by atoms with Crippen LogP contribution in [0.3, 0.4) is 0 Å². The first-order valence-corrected chi connectivity index (χ1v) is 11.5. The van der Waals surface area contributed by atoms with Crippen LogP contribution in [0.2, 0.25) is 0 Å². The van der Waals surface area contributed by atoms with Crippen molar-refractivity contribution < 1.29 is 8.42 Å². The van der Waals surface area contributed by atoms with Crippen molar-refractivity contribution in [3.8, 4) is 6.07 Å². The van der Waals surface area contributed by atoms with Gasteiger partial charge in [-0.3, -0.25) is 9.48 Å². The number of nitrogens with one attached hydrogen (secondary N) is 2. The molecule has 2 N–H and O–H groups in total. The first-order valence-electron chi connectivity index (χ1n) is 10.1. The third-order valence-corrected chi connectivity index (χ3v) is 7.66. The number of aromatic amines is 1. The highest BCUT2D eigenvalue weighted by atomic mass is 32.2. The molecule has 162 valence electrons. The summed E-state index contributed by atoms with van der Waals surface area (Å²) in [4.78, 5) is 15.5. The molecule has 0 amide bonds. The average molecular weight is 441 g/mol. The number of aromatic nitrogens is 3. The van der Waals surface area contributed by atoms with Crippen LogP contribution in [-0.2, 0) is 10.0 Å². The van der Waals surface area contributed by atoms with Crippen molar-refractivity contribution in [2.45, 2.75) is 36.6 Å². The smallest absolute Gasteiger partial charge is 0.261 e. The second kappa shape index (κ2) is 8.17. The number of pyridine rings is 1. The Hall–Kier alpha value is -3.16. The van der Waals surface area contributed by atoms with E-state index in [-0.39, 0.29) is 16.5 Å². The molecule has 0 spiro atoms. The number of sulfonamides is 1. The van der Waals surface area contributed by atoms with Gasteiger partial charge in [-0.05, 0) is 49.1 Å². The summed E-state index contributed by atoms with van der Waals surface area (Å²) >= 11 is 0. The Morgan fingerprint density at radius 2 is 2.00 bits per heavy atom. The number of rotatable bonds is 7. The number of hydrogen-bond donors (Lipinski definition) is 2. The molecule has 1 saturated carbocycles. The van der Waals surface area contributed by atoms with Gasteiger partial charge < -0.3 is 10.3 Å². The number of hydrogen-bond acceptors (Lipinski definition) is 6. The maximum atomic E-state index is 12.6. The number of anilines is 2. The van der Waals surface area contributed by atoms with Gasteiger partial charge >= 0.3 is 0 Å². The zero-order valence-electron chi connectivity index (χ0n) is 17.4. The zero-order valence-corrected chi connectivity index (χ0v) is 18.2. The van der Waals surface area contributed by atoms with Gasteiger partial charge in [-0.25, -0.2) is 12.7 Å². The van der Waals surface area contributed by atoms with E-state index in [4.69, 9.17) is 0 Å². The molecule has 1 aromatic carbocycles. The molecule has 3 aromatic rings. The fourth-order valence-electron chi connectivity index (χ4n) is 3.87. The Bertz CT molecular complexity index is 1300. The number of H-pyrrole nitrogens is 1. The molecule has 2 heterocycles. The van der Waals surface area contributed by atoms with E-state index in [2.05, 4.69) is 21.5 Å². The van der Waals surface area contributed by atoms with Crippen LogP contribution >= 0.6 is 0 Å². The largest absolute Gasteiger partial charge is 0.338 e. The van der Waals surface area contributed by atoms with E-state index in [0.29, 0.717) is 34.7 Å². The van der Waals surface area contributed by atoms with Crippen LogP contribution in [-0.4, -0.2) is 41.6 Å². The van der Waals surface area contributed by atoms with Crippen LogP contribution in [0.4, 0.5) is 11.5 Å². The third-order valence-electron chi connectivity index (χ3n) is 5.83. The van der Waals surface area contributed by atoms with Crippen LogP contribution < -0.4 is 10.9 Å². The molecule has 1 atom stereocenters. The molecule has 1 unspecified atom stereocenters. The van der Waals surface area contributed by atoms with E-state index in [1.165, 1.54) is 26.2 Å². The Morgan fingerprint density at radius 1 is 1.29 bits per heavy atom. The van der Waals surface area contributed by atoms with E-state index >= 15 is 0 Å². The molecule has 0 bridgehead atoms. The molecule has 2 aromatic heterocycles. The van der Waals surface area contributed by atoms with Gasteiger partial charge in [0.25, 0.3) is 5.56 Å². The topological polar surface area (TPSA) is 124 Å². The first kappa shape index (κ1) is 21.1. The number of fused-ring (bicyclic) bond motifs is 1.